The Hall–Kier alpha value is -1.56. The maximum absolute atomic E-state index is 12.5. The van der Waals surface area contributed by atoms with Gasteiger partial charge in [-0.2, -0.15) is 0 Å². The summed E-state index contributed by atoms with van der Waals surface area (Å²) >= 11 is 3.38. The molecule has 0 bridgehead atoms. The van der Waals surface area contributed by atoms with Gasteiger partial charge in [-0.25, -0.2) is 4.79 Å². The van der Waals surface area contributed by atoms with Crippen LogP contribution in [0.15, 0.2) is 28.7 Å². The minimum absolute atomic E-state index is 0.0294. The second kappa shape index (κ2) is 7.34. The van der Waals surface area contributed by atoms with Gasteiger partial charge in [0.1, 0.15) is 0 Å². The zero-order valence-corrected chi connectivity index (χ0v) is 14.7. The van der Waals surface area contributed by atoms with Crippen LogP contribution < -0.4 is 5.32 Å². The summed E-state index contributed by atoms with van der Waals surface area (Å²) in [6, 6.07) is 7.52. The summed E-state index contributed by atoms with van der Waals surface area (Å²) in [6.45, 7) is 3.13. The third kappa shape index (κ3) is 4.05. The number of halogens is 1. The van der Waals surface area contributed by atoms with Crippen molar-refractivity contribution in [3.05, 3.63) is 34.3 Å². The minimum Gasteiger partial charge on any atom is -0.348 e. The molecule has 3 amide bonds. The Bertz CT molecular complexity index is 587. The van der Waals surface area contributed by atoms with E-state index in [0.29, 0.717) is 12.1 Å². The van der Waals surface area contributed by atoms with Crippen LogP contribution in [0.1, 0.15) is 36.0 Å². The zero-order chi connectivity index (χ0) is 16.2. The second-order valence-electron chi connectivity index (χ2n) is 6.25. The van der Waals surface area contributed by atoms with Gasteiger partial charge in [0, 0.05) is 42.3 Å². The number of urea groups is 1. The first kappa shape index (κ1) is 16.3. The summed E-state index contributed by atoms with van der Waals surface area (Å²) in [4.78, 5) is 28.6. The number of nitrogens with one attached hydrogen (secondary N) is 1. The molecule has 1 aromatic carbocycles. The number of hydrogen-bond acceptors (Lipinski definition) is 2. The van der Waals surface area contributed by atoms with Gasteiger partial charge >= 0.3 is 6.03 Å². The van der Waals surface area contributed by atoms with E-state index < -0.39 is 0 Å². The smallest absolute Gasteiger partial charge is 0.320 e. The maximum Gasteiger partial charge on any atom is 0.320 e. The van der Waals surface area contributed by atoms with Gasteiger partial charge < -0.3 is 15.1 Å². The first-order valence-electron chi connectivity index (χ1n) is 8.24. The molecule has 5 nitrogen and oxygen atoms in total. The molecule has 2 fully saturated rings. The average molecular weight is 380 g/mol. The molecule has 23 heavy (non-hydrogen) atoms. The van der Waals surface area contributed by atoms with E-state index in [1.54, 1.807) is 6.07 Å². The third-order valence-electron chi connectivity index (χ3n) is 4.49. The number of benzene rings is 1. The predicted octanol–water partition coefficient (Wildman–Crippen LogP) is 2.86. The summed E-state index contributed by atoms with van der Waals surface area (Å²) in [5.74, 6) is -0.0771. The number of nitrogens with zero attached hydrogens (tertiary/aromatic N) is 2. The molecular formula is C17H22BrN3O2. The molecule has 0 radical (unpaired) electrons. The Morgan fingerprint density at radius 2 is 1.83 bits per heavy atom. The standard InChI is InChI=1S/C17H22BrN3O2/c18-14-6-3-5-13(11-14)16(22)19-15-7-4-10-21(12-15)17(23)20-8-1-2-9-20/h3,5-6,11,15H,1-2,4,7-10,12H2,(H,19,22). The van der Waals surface area contributed by atoms with E-state index in [2.05, 4.69) is 21.2 Å². The largest absolute Gasteiger partial charge is 0.348 e. The van der Waals surface area contributed by atoms with Crippen LogP contribution in [-0.4, -0.2) is 54.0 Å². The van der Waals surface area contributed by atoms with E-state index >= 15 is 0 Å². The van der Waals surface area contributed by atoms with Crippen molar-refractivity contribution in [1.82, 2.24) is 15.1 Å². The van der Waals surface area contributed by atoms with Crippen molar-refractivity contribution >= 4 is 27.9 Å². The number of piperidine rings is 1. The lowest BCUT2D eigenvalue weighted by molar-refractivity contribution is 0.0901. The van der Waals surface area contributed by atoms with E-state index in [9.17, 15) is 9.59 Å². The molecule has 2 saturated heterocycles. The SMILES string of the molecule is O=C(NC1CCCN(C(=O)N2CCCC2)C1)c1cccc(Br)c1. The van der Waals surface area contributed by atoms with Gasteiger partial charge in [0.25, 0.3) is 5.91 Å². The number of carbonyl (C=O) groups excluding carboxylic acids is 2. The summed E-state index contributed by atoms with van der Waals surface area (Å²) in [6.07, 6.45) is 4.05. The molecule has 2 aliphatic rings. The van der Waals surface area contributed by atoms with Crippen molar-refractivity contribution in [3.8, 4) is 0 Å². The highest BCUT2D eigenvalue weighted by atomic mass is 79.9. The van der Waals surface area contributed by atoms with E-state index in [-0.39, 0.29) is 18.0 Å². The van der Waals surface area contributed by atoms with Gasteiger partial charge in [0.05, 0.1) is 0 Å². The Balaban J connectivity index is 1.58. The molecular weight excluding hydrogens is 358 g/mol. The molecule has 6 heteroatoms. The molecule has 0 aliphatic carbocycles. The van der Waals surface area contributed by atoms with Crippen molar-refractivity contribution in [1.29, 1.82) is 0 Å². The van der Waals surface area contributed by atoms with Crippen LogP contribution in [-0.2, 0) is 0 Å². The van der Waals surface area contributed by atoms with Crippen molar-refractivity contribution < 1.29 is 9.59 Å². The lowest BCUT2D eigenvalue weighted by atomic mass is 10.1. The summed E-state index contributed by atoms with van der Waals surface area (Å²) in [5, 5.41) is 3.07. The van der Waals surface area contributed by atoms with E-state index in [1.807, 2.05) is 28.0 Å². The summed E-state index contributed by atoms with van der Waals surface area (Å²) in [5.41, 5.74) is 0.641. The lowest BCUT2D eigenvalue weighted by Crippen LogP contribution is -2.52. The van der Waals surface area contributed by atoms with Crippen molar-refractivity contribution in [2.24, 2.45) is 0 Å². The molecule has 1 N–H and O–H groups in total. The topological polar surface area (TPSA) is 52.7 Å². The second-order valence-corrected chi connectivity index (χ2v) is 7.16. The monoisotopic (exact) mass is 379 g/mol. The van der Waals surface area contributed by atoms with Crippen LogP contribution in [0.25, 0.3) is 0 Å². The molecule has 124 valence electrons. The van der Waals surface area contributed by atoms with Crippen LogP contribution in [0, 0.1) is 0 Å². The molecule has 2 aliphatic heterocycles. The average Bonchev–Trinajstić information content (AvgIpc) is 3.09. The normalized spacial score (nSPS) is 21.3. The number of carbonyl (C=O) groups is 2. The van der Waals surface area contributed by atoms with Crippen molar-refractivity contribution in [2.45, 2.75) is 31.7 Å². The fourth-order valence-corrected chi connectivity index (χ4v) is 3.67. The maximum atomic E-state index is 12.5. The Kier molecular flexibility index (Phi) is 5.20. The fraction of sp³-hybridized carbons (Fsp3) is 0.529. The van der Waals surface area contributed by atoms with Gasteiger partial charge in [-0.1, -0.05) is 22.0 Å². The fourth-order valence-electron chi connectivity index (χ4n) is 3.28. The van der Waals surface area contributed by atoms with E-state index in [4.69, 9.17) is 0 Å². The highest BCUT2D eigenvalue weighted by Gasteiger charge is 2.29. The third-order valence-corrected chi connectivity index (χ3v) is 4.98. The molecule has 0 saturated carbocycles. The molecule has 0 spiro atoms. The first-order valence-corrected chi connectivity index (χ1v) is 9.03. The Morgan fingerprint density at radius 3 is 2.57 bits per heavy atom. The highest BCUT2D eigenvalue weighted by Crippen LogP contribution is 2.17. The van der Waals surface area contributed by atoms with Crippen LogP contribution in [0.3, 0.4) is 0 Å². The van der Waals surface area contributed by atoms with Gasteiger partial charge in [-0.15, -0.1) is 0 Å². The number of rotatable bonds is 2. The molecule has 1 unspecified atom stereocenters. The zero-order valence-electron chi connectivity index (χ0n) is 13.1. The Labute approximate surface area is 145 Å². The number of hydrogen-bond donors (Lipinski definition) is 1. The Morgan fingerprint density at radius 1 is 1.09 bits per heavy atom. The summed E-state index contributed by atoms with van der Waals surface area (Å²) in [7, 11) is 0. The van der Waals surface area contributed by atoms with E-state index in [0.717, 1.165) is 49.8 Å². The lowest BCUT2D eigenvalue weighted by Gasteiger charge is -2.35. The number of amides is 3. The quantitative estimate of drug-likeness (QED) is 0.858. The van der Waals surface area contributed by atoms with Crippen LogP contribution in [0.5, 0.6) is 0 Å². The highest BCUT2D eigenvalue weighted by molar-refractivity contribution is 9.10. The van der Waals surface area contributed by atoms with Crippen molar-refractivity contribution in [3.63, 3.8) is 0 Å². The molecule has 1 aromatic rings. The molecule has 0 aromatic heterocycles. The number of likely N-dealkylation sites (tertiary alicyclic amines) is 2. The van der Waals surface area contributed by atoms with E-state index in [1.165, 1.54) is 0 Å². The van der Waals surface area contributed by atoms with Crippen molar-refractivity contribution in [2.75, 3.05) is 26.2 Å². The predicted molar refractivity (Wildman–Crippen MR) is 92.4 cm³/mol. The van der Waals surface area contributed by atoms with Gasteiger partial charge in [0.2, 0.25) is 0 Å². The first-order chi connectivity index (χ1) is 11.1. The summed E-state index contributed by atoms with van der Waals surface area (Å²) < 4.78 is 0.889. The van der Waals surface area contributed by atoms with Crippen LogP contribution >= 0.6 is 15.9 Å². The molecule has 2 heterocycles. The van der Waals surface area contributed by atoms with Gasteiger partial charge in [-0.3, -0.25) is 4.79 Å². The van der Waals surface area contributed by atoms with Gasteiger partial charge in [-0.05, 0) is 43.9 Å². The minimum atomic E-state index is -0.0771. The molecule has 3 rings (SSSR count). The van der Waals surface area contributed by atoms with Crippen LogP contribution in [0.2, 0.25) is 0 Å². The molecule has 1 atom stereocenters. The van der Waals surface area contributed by atoms with Gasteiger partial charge in [0.15, 0.2) is 0 Å². The van der Waals surface area contributed by atoms with Crippen LogP contribution in [0.4, 0.5) is 4.79 Å².